The third-order valence-corrected chi connectivity index (χ3v) is 5.99. The Hall–Kier alpha value is -0.0900. The summed E-state index contributed by atoms with van der Waals surface area (Å²) in [6.45, 7) is 5.42. The summed E-state index contributed by atoms with van der Waals surface area (Å²) in [7, 11) is -0.774. The Balaban J connectivity index is 2.59. The van der Waals surface area contributed by atoms with Crippen LogP contribution in [0.3, 0.4) is 0 Å². The molecular formula is C13H27NO2S. The summed E-state index contributed by atoms with van der Waals surface area (Å²) in [5.41, 5.74) is 0. The van der Waals surface area contributed by atoms with E-state index in [1.165, 1.54) is 19.3 Å². The van der Waals surface area contributed by atoms with Crippen LogP contribution in [0.4, 0.5) is 0 Å². The second-order valence-corrected chi connectivity index (χ2v) is 7.63. The summed E-state index contributed by atoms with van der Waals surface area (Å²) in [5.74, 6) is 2.48. The fourth-order valence-corrected chi connectivity index (χ4v) is 4.87. The molecule has 0 aliphatic carbocycles. The summed E-state index contributed by atoms with van der Waals surface area (Å²) in [4.78, 5) is 0. The zero-order valence-corrected chi connectivity index (χ0v) is 12.2. The molecule has 102 valence electrons. The van der Waals surface area contributed by atoms with Crippen LogP contribution in [0, 0.1) is 17.8 Å². The first kappa shape index (κ1) is 15.0. The van der Waals surface area contributed by atoms with Crippen molar-refractivity contribution in [1.82, 2.24) is 5.32 Å². The maximum atomic E-state index is 11.6. The van der Waals surface area contributed by atoms with Crippen LogP contribution in [0.2, 0.25) is 0 Å². The van der Waals surface area contributed by atoms with Crippen molar-refractivity contribution >= 4 is 9.84 Å². The van der Waals surface area contributed by atoms with Crippen LogP contribution in [0.1, 0.15) is 39.5 Å². The highest BCUT2D eigenvalue weighted by molar-refractivity contribution is 7.91. The molecule has 0 bridgehead atoms. The molecular weight excluding hydrogens is 234 g/mol. The number of hydrogen-bond donors (Lipinski definition) is 1. The Labute approximate surface area is 106 Å². The fraction of sp³-hybridized carbons (Fsp3) is 1.00. The van der Waals surface area contributed by atoms with Gasteiger partial charge < -0.3 is 5.32 Å². The van der Waals surface area contributed by atoms with Gasteiger partial charge in [-0.3, -0.25) is 0 Å². The summed E-state index contributed by atoms with van der Waals surface area (Å²) >= 11 is 0. The molecule has 3 nitrogen and oxygen atoms in total. The van der Waals surface area contributed by atoms with E-state index < -0.39 is 9.84 Å². The molecule has 0 saturated carbocycles. The van der Waals surface area contributed by atoms with Crippen molar-refractivity contribution in [1.29, 1.82) is 0 Å². The molecule has 17 heavy (non-hydrogen) atoms. The topological polar surface area (TPSA) is 46.2 Å². The highest BCUT2D eigenvalue weighted by Gasteiger charge is 2.33. The molecule has 4 heteroatoms. The fourth-order valence-electron chi connectivity index (χ4n) is 2.95. The predicted molar refractivity (Wildman–Crippen MR) is 72.9 cm³/mol. The molecule has 0 aromatic carbocycles. The SMILES string of the molecule is CCC(CC)CC(CNC)C1CCS(=O)(=O)C1. The molecule has 0 aromatic rings. The standard InChI is InChI=1S/C13H27NO2S/c1-4-11(5-2)8-13(9-14-3)12-6-7-17(15,16)10-12/h11-14H,4-10H2,1-3H3. The van der Waals surface area contributed by atoms with Crippen molar-refractivity contribution in [3.8, 4) is 0 Å². The molecule has 1 fully saturated rings. The maximum absolute atomic E-state index is 11.6. The summed E-state index contributed by atoms with van der Waals surface area (Å²) < 4.78 is 23.1. The smallest absolute Gasteiger partial charge is 0.150 e. The minimum absolute atomic E-state index is 0.382. The van der Waals surface area contributed by atoms with Crippen LogP contribution in [0.5, 0.6) is 0 Å². The summed E-state index contributed by atoms with van der Waals surface area (Å²) in [6, 6.07) is 0. The largest absolute Gasteiger partial charge is 0.319 e. The van der Waals surface area contributed by atoms with Gasteiger partial charge in [-0.25, -0.2) is 8.42 Å². The Morgan fingerprint density at radius 2 is 1.94 bits per heavy atom. The van der Waals surface area contributed by atoms with Crippen molar-refractivity contribution in [2.45, 2.75) is 39.5 Å². The van der Waals surface area contributed by atoms with E-state index in [-0.39, 0.29) is 0 Å². The third kappa shape index (κ3) is 4.59. The second-order valence-electron chi connectivity index (χ2n) is 5.40. The minimum atomic E-state index is -2.74. The van der Waals surface area contributed by atoms with Gasteiger partial charge in [-0.05, 0) is 44.2 Å². The van der Waals surface area contributed by atoms with Gasteiger partial charge in [0, 0.05) is 0 Å². The van der Waals surface area contributed by atoms with Gasteiger partial charge in [0.15, 0.2) is 9.84 Å². The zero-order valence-electron chi connectivity index (χ0n) is 11.4. The van der Waals surface area contributed by atoms with Crippen LogP contribution < -0.4 is 5.32 Å². The second kappa shape index (κ2) is 6.74. The number of hydrogen-bond acceptors (Lipinski definition) is 3. The number of nitrogens with one attached hydrogen (secondary N) is 1. The van der Waals surface area contributed by atoms with E-state index in [0.717, 1.165) is 18.9 Å². The van der Waals surface area contributed by atoms with Gasteiger partial charge in [0.1, 0.15) is 0 Å². The Morgan fingerprint density at radius 1 is 1.29 bits per heavy atom. The lowest BCUT2D eigenvalue weighted by atomic mass is 9.82. The first-order valence-electron chi connectivity index (χ1n) is 6.87. The Bertz CT molecular complexity index is 309. The van der Waals surface area contributed by atoms with Crippen molar-refractivity contribution in [2.75, 3.05) is 25.1 Å². The van der Waals surface area contributed by atoms with Crippen LogP contribution in [0.25, 0.3) is 0 Å². The Morgan fingerprint density at radius 3 is 2.35 bits per heavy atom. The van der Waals surface area contributed by atoms with Gasteiger partial charge in [-0.1, -0.05) is 26.7 Å². The van der Waals surface area contributed by atoms with E-state index in [4.69, 9.17) is 0 Å². The van der Waals surface area contributed by atoms with Crippen LogP contribution in [0.15, 0.2) is 0 Å². The van der Waals surface area contributed by atoms with Crippen LogP contribution >= 0.6 is 0 Å². The number of sulfone groups is 1. The van der Waals surface area contributed by atoms with Gasteiger partial charge in [-0.15, -0.1) is 0 Å². The lowest BCUT2D eigenvalue weighted by Crippen LogP contribution is -2.28. The lowest BCUT2D eigenvalue weighted by molar-refractivity contribution is 0.271. The van der Waals surface area contributed by atoms with Gasteiger partial charge >= 0.3 is 0 Å². The van der Waals surface area contributed by atoms with E-state index in [0.29, 0.717) is 23.3 Å². The maximum Gasteiger partial charge on any atom is 0.150 e. The molecule has 1 saturated heterocycles. The molecule has 1 rings (SSSR count). The Kier molecular flexibility index (Phi) is 5.93. The molecule has 2 unspecified atom stereocenters. The average Bonchev–Trinajstić information content (AvgIpc) is 2.65. The van der Waals surface area contributed by atoms with Gasteiger partial charge in [0.05, 0.1) is 11.5 Å². The summed E-state index contributed by atoms with van der Waals surface area (Å²) in [6.07, 6.45) is 4.45. The van der Waals surface area contributed by atoms with Gasteiger partial charge in [0.25, 0.3) is 0 Å². The zero-order chi connectivity index (χ0) is 12.9. The molecule has 1 heterocycles. The van der Waals surface area contributed by atoms with Crippen molar-refractivity contribution in [2.24, 2.45) is 17.8 Å². The predicted octanol–water partition coefficient (Wildman–Crippen LogP) is 2.08. The van der Waals surface area contributed by atoms with Crippen LogP contribution in [-0.2, 0) is 9.84 Å². The monoisotopic (exact) mass is 261 g/mol. The molecule has 0 radical (unpaired) electrons. The minimum Gasteiger partial charge on any atom is -0.319 e. The molecule has 0 spiro atoms. The van der Waals surface area contributed by atoms with Crippen molar-refractivity contribution in [3.63, 3.8) is 0 Å². The highest BCUT2D eigenvalue weighted by atomic mass is 32.2. The first-order valence-corrected chi connectivity index (χ1v) is 8.69. The van der Waals surface area contributed by atoms with Gasteiger partial charge in [-0.2, -0.15) is 0 Å². The molecule has 1 N–H and O–H groups in total. The lowest BCUT2D eigenvalue weighted by Gasteiger charge is -2.26. The number of rotatable bonds is 7. The molecule has 1 aliphatic heterocycles. The van der Waals surface area contributed by atoms with Gasteiger partial charge in [0.2, 0.25) is 0 Å². The van der Waals surface area contributed by atoms with E-state index >= 15 is 0 Å². The molecule has 2 atom stereocenters. The van der Waals surface area contributed by atoms with E-state index in [2.05, 4.69) is 19.2 Å². The van der Waals surface area contributed by atoms with E-state index in [1.807, 2.05) is 7.05 Å². The average molecular weight is 261 g/mol. The quantitative estimate of drug-likeness (QED) is 0.763. The summed E-state index contributed by atoms with van der Waals surface area (Å²) in [5, 5.41) is 3.23. The normalized spacial score (nSPS) is 25.3. The van der Waals surface area contributed by atoms with Crippen LogP contribution in [-0.4, -0.2) is 33.5 Å². The van der Waals surface area contributed by atoms with E-state index in [1.54, 1.807) is 0 Å². The molecule has 1 aliphatic rings. The third-order valence-electron chi connectivity index (χ3n) is 4.19. The van der Waals surface area contributed by atoms with Crippen molar-refractivity contribution < 1.29 is 8.42 Å². The van der Waals surface area contributed by atoms with Crippen molar-refractivity contribution in [3.05, 3.63) is 0 Å². The van der Waals surface area contributed by atoms with E-state index in [9.17, 15) is 8.42 Å². The first-order chi connectivity index (χ1) is 8.02. The molecule has 0 aromatic heterocycles. The highest BCUT2D eigenvalue weighted by Crippen LogP contribution is 2.31. The molecule has 0 amide bonds.